The number of nitrogens with zero attached hydrogens (tertiary/aromatic N) is 1. The predicted molar refractivity (Wildman–Crippen MR) is 146 cm³/mol. The number of carbonyl (C=O) groups is 2. The molecular weight excluding hydrogens is 472 g/mol. The van der Waals surface area contributed by atoms with Crippen LogP contribution in [0.3, 0.4) is 0 Å². The zero-order valence-electron chi connectivity index (χ0n) is 23.1. The fraction of sp³-hybridized carbons (Fsp3) is 0.586. The summed E-state index contributed by atoms with van der Waals surface area (Å²) in [5.74, 6) is 0.975. The maximum atomic E-state index is 12.4. The summed E-state index contributed by atoms with van der Waals surface area (Å²) in [4.78, 5) is 25.5. The molecule has 8 nitrogen and oxygen atoms in total. The van der Waals surface area contributed by atoms with Crippen LogP contribution >= 0.6 is 0 Å². The first-order chi connectivity index (χ1) is 17.7. The van der Waals surface area contributed by atoms with Gasteiger partial charge in [0.05, 0.1) is 33.2 Å². The average Bonchev–Trinajstić information content (AvgIpc) is 2.87. The molecule has 0 atom stereocenters. The molecule has 1 aliphatic heterocycles. The standard InChI is InChI=1S/C29H44N2O6/c1-29(2,3)37-22-30-17-11-8-6-7-9-13-19-36-28-24(34-4)20-23(21-25(28)35-5)15-16-27(33)31-18-12-10-14-26(31)32/h10,14-16,20-21,30H,6-9,11-13,17-19,22H2,1-5H3/b16-15+. The van der Waals surface area contributed by atoms with Gasteiger partial charge < -0.3 is 18.9 Å². The predicted octanol–water partition coefficient (Wildman–Crippen LogP) is 5.11. The molecule has 0 saturated heterocycles. The van der Waals surface area contributed by atoms with Crippen LogP contribution in [0.25, 0.3) is 6.08 Å². The molecule has 8 heteroatoms. The van der Waals surface area contributed by atoms with Gasteiger partial charge in [-0.1, -0.05) is 31.8 Å². The number of ether oxygens (including phenoxy) is 4. The third kappa shape index (κ3) is 11.4. The second-order valence-electron chi connectivity index (χ2n) is 9.98. The summed E-state index contributed by atoms with van der Waals surface area (Å²) >= 11 is 0. The number of methoxy groups -OCH3 is 2. The van der Waals surface area contributed by atoms with Crippen LogP contribution in [-0.2, 0) is 14.3 Å². The maximum absolute atomic E-state index is 12.4. The minimum absolute atomic E-state index is 0.101. The normalized spacial score (nSPS) is 13.9. The van der Waals surface area contributed by atoms with Crippen molar-refractivity contribution in [1.82, 2.24) is 10.2 Å². The number of benzene rings is 1. The van der Waals surface area contributed by atoms with E-state index in [1.54, 1.807) is 38.5 Å². The number of hydrogen-bond donors (Lipinski definition) is 1. The van der Waals surface area contributed by atoms with E-state index < -0.39 is 0 Å². The van der Waals surface area contributed by atoms with Crippen LogP contribution in [0.15, 0.2) is 30.4 Å². The minimum atomic E-state index is -0.349. The lowest BCUT2D eigenvalue weighted by Crippen LogP contribution is -2.37. The zero-order chi connectivity index (χ0) is 27.1. The van der Waals surface area contributed by atoms with Crippen LogP contribution < -0.4 is 19.5 Å². The van der Waals surface area contributed by atoms with Crippen LogP contribution in [0.5, 0.6) is 17.2 Å². The smallest absolute Gasteiger partial charge is 0.253 e. The first-order valence-electron chi connectivity index (χ1n) is 13.2. The Morgan fingerprint density at radius 2 is 1.68 bits per heavy atom. The lowest BCUT2D eigenvalue weighted by Gasteiger charge is -2.19. The molecule has 1 aromatic carbocycles. The number of hydrogen-bond acceptors (Lipinski definition) is 7. The van der Waals surface area contributed by atoms with Crippen LogP contribution in [0.4, 0.5) is 0 Å². The highest BCUT2D eigenvalue weighted by molar-refractivity contribution is 6.06. The number of nitrogens with one attached hydrogen (secondary N) is 1. The molecule has 0 aromatic heterocycles. The molecule has 0 fully saturated rings. The molecule has 1 aromatic rings. The third-order valence-corrected chi connectivity index (χ3v) is 5.81. The number of amides is 2. The van der Waals surface area contributed by atoms with E-state index in [9.17, 15) is 9.59 Å². The van der Waals surface area contributed by atoms with Crippen LogP contribution in [0, 0.1) is 0 Å². The van der Waals surface area contributed by atoms with E-state index in [-0.39, 0.29) is 17.4 Å². The monoisotopic (exact) mass is 516 g/mol. The van der Waals surface area contributed by atoms with E-state index in [0.29, 0.717) is 49.1 Å². The van der Waals surface area contributed by atoms with Crippen molar-refractivity contribution < 1.29 is 28.5 Å². The Labute approximate surface area is 222 Å². The van der Waals surface area contributed by atoms with E-state index in [2.05, 4.69) is 26.1 Å². The maximum Gasteiger partial charge on any atom is 0.253 e. The van der Waals surface area contributed by atoms with Gasteiger partial charge in [-0.25, -0.2) is 0 Å². The average molecular weight is 517 g/mol. The van der Waals surface area contributed by atoms with Gasteiger partial charge >= 0.3 is 0 Å². The molecule has 0 radical (unpaired) electrons. The van der Waals surface area contributed by atoms with Crippen molar-refractivity contribution in [3.8, 4) is 17.2 Å². The van der Waals surface area contributed by atoms with Crippen molar-refractivity contribution in [2.45, 2.75) is 71.3 Å². The van der Waals surface area contributed by atoms with E-state index >= 15 is 0 Å². The highest BCUT2D eigenvalue weighted by atomic mass is 16.5. The van der Waals surface area contributed by atoms with Gasteiger partial charge in [-0.3, -0.25) is 19.8 Å². The lowest BCUT2D eigenvalue weighted by atomic mass is 10.1. The largest absolute Gasteiger partial charge is 0.493 e. The van der Waals surface area contributed by atoms with E-state index in [1.165, 1.54) is 36.3 Å². The van der Waals surface area contributed by atoms with Crippen molar-refractivity contribution in [3.05, 3.63) is 35.9 Å². The Bertz CT molecular complexity index is 894. The fourth-order valence-electron chi connectivity index (χ4n) is 3.78. The Balaban J connectivity index is 1.74. The molecule has 0 aliphatic carbocycles. The molecule has 206 valence electrons. The lowest BCUT2D eigenvalue weighted by molar-refractivity contribution is -0.139. The van der Waals surface area contributed by atoms with Gasteiger partial charge in [0.15, 0.2) is 11.5 Å². The molecular formula is C29H44N2O6. The molecule has 37 heavy (non-hydrogen) atoms. The molecule has 0 bridgehead atoms. The number of rotatable bonds is 16. The summed E-state index contributed by atoms with van der Waals surface area (Å²) in [6, 6.07) is 3.58. The first kappa shape index (κ1) is 30.4. The van der Waals surface area contributed by atoms with Crippen molar-refractivity contribution in [3.63, 3.8) is 0 Å². The second-order valence-corrected chi connectivity index (χ2v) is 9.98. The summed E-state index contributed by atoms with van der Waals surface area (Å²) in [5, 5.41) is 3.32. The van der Waals surface area contributed by atoms with Gasteiger partial charge in [0, 0.05) is 12.6 Å². The quantitative estimate of drug-likeness (QED) is 0.186. The minimum Gasteiger partial charge on any atom is -0.493 e. The van der Waals surface area contributed by atoms with Gasteiger partial charge in [-0.05, 0) is 76.4 Å². The van der Waals surface area contributed by atoms with E-state index in [1.807, 2.05) is 0 Å². The topological polar surface area (TPSA) is 86.3 Å². The first-order valence-corrected chi connectivity index (χ1v) is 13.2. The molecule has 0 unspecified atom stereocenters. The summed E-state index contributed by atoms with van der Waals surface area (Å²) in [5.41, 5.74) is 0.615. The summed E-state index contributed by atoms with van der Waals surface area (Å²) in [7, 11) is 3.15. The van der Waals surface area contributed by atoms with Gasteiger partial charge in [0.25, 0.3) is 11.8 Å². The number of unbranched alkanes of at least 4 members (excludes halogenated alkanes) is 5. The SMILES string of the molecule is COc1cc(/C=C/C(=O)N2CCC=CC2=O)cc(OC)c1OCCCCCCCCNCOC(C)(C)C. The number of imide groups is 1. The summed E-state index contributed by atoms with van der Waals surface area (Å²) in [6.45, 7) is 8.70. The second kappa shape index (κ2) is 16.1. The Kier molecular flexibility index (Phi) is 13.2. The van der Waals surface area contributed by atoms with E-state index in [4.69, 9.17) is 18.9 Å². The Morgan fingerprint density at radius 1 is 1.03 bits per heavy atom. The van der Waals surface area contributed by atoms with Gasteiger partial charge in [0.2, 0.25) is 5.75 Å². The highest BCUT2D eigenvalue weighted by Crippen LogP contribution is 2.39. The highest BCUT2D eigenvalue weighted by Gasteiger charge is 2.19. The zero-order valence-corrected chi connectivity index (χ0v) is 23.1. The van der Waals surface area contributed by atoms with Gasteiger partial charge in [0.1, 0.15) is 0 Å². The van der Waals surface area contributed by atoms with Gasteiger partial charge in [-0.15, -0.1) is 0 Å². The molecule has 0 saturated carbocycles. The summed E-state index contributed by atoms with van der Waals surface area (Å²) in [6.07, 6.45) is 13.7. The molecule has 2 rings (SSSR count). The summed E-state index contributed by atoms with van der Waals surface area (Å²) < 4.78 is 22.7. The van der Waals surface area contributed by atoms with E-state index in [0.717, 1.165) is 25.8 Å². The van der Waals surface area contributed by atoms with Gasteiger partial charge in [-0.2, -0.15) is 0 Å². The number of carbonyl (C=O) groups excluding carboxylic acids is 2. The van der Waals surface area contributed by atoms with Crippen LogP contribution in [0.1, 0.15) is 71.3 Å². The van der Waals surface area contributed by atoms with Crippen LogP contribution in [-0.4, -0.2) is 63.0 Å². The van der Waals surface area contributed by atoms with Crippen molar-refractivity contribution in [2.75, 3.05) is 40.6 Å². The molecule has 1 aliphatic rings. The van der Waals surface area contributed by atoms with Crippen molar-refractivity contribution >= 4 is 17.9 Å². The van der Waals surface area contributed by atoms with Crippen molar-refractivity contribution in [1.29, 1.82) is 0 Å². The third-order valence-electron chi connectivity index (χ3n) is 5.81. The Hall–Kier alpha value is -2.84. The Morgan fingerprint density at radius 3 is 2.30 bits per heavy atom. The fourth-order valence-corrected chi connectivity index (χ4v) is 3.78. The van der Waals surface area contributed by atoms with Crippen LogP contribution in [0.2, 0.25) is 0 Å². The molecule has 1 N–H and O–H groups in total. The molecule has 1 heterocycles. The molecule has 2 amide bonds. The van der Waals surface area contributed by atoms with Crippen molar-refractivity contribution in [2.24, 2.45) is 0 Å². The molecule has 0 spiro atoms.